The highest BCUT2D eigenvalue weighted by Crippen LogP contribution is 2.26. The first-order chi connectivity index (χ1) is 11.2. The van der Waals surface area contributed by atoms with Gasteiger partial charge in [-0.3, -0.25) is 9.00 Å². The van der Waals surface area contributed by atoms with Gasteiger partial charge in [0, 0.05) is 11.9 Å². The number of aromatic nitrogens is 2. The minimum absolute atomic E-state index is 0.0161. The van der Waals surface area contributed by atoms with Crippen LogP contribution in [0, 0.1) is 6.92 Å². The van der Waals surface area contributed by atoms with Crippen molar-refractivity contribution < 1.29 is 13.5 Å². The van der Waals surface area contributed by atoms with Crippen LogP contribution >= 0.6 is 0 Å². The summed E-state index contributed by atoms with van der Waals surface area (Å²) in [4.78, 5) is 16.2. The number of rotatable bonds is 5. The van der Waals surface area contributed by atoms with Crippen LogP contribution in [0.3, 0.4) is 0 Å². The van der Waals surface area contributed by atoms with Crippen molar-refractivity contribution in [2.75, 3.05) is 7.05 Å². The second kappa shape index (κ2) is 7.25. The molecule has 0 bridgehead atoms. The van der Waals surface area contributed by atoms with Crippen molar-refractivity contribution in [3.8, 4) is 0 Å². The quantitative estimate of drug-likeness (QED) is 0.895. The molecule has 1 aromatic carbocycles. The van der Waals surface area contributed by atoms with Crippen molar-refractivity contribution in [2.24, 2.45) is 0 Å². The molecule has 2 aromatic rings. The predicted molar refractivity (Wildman–Crippen MR) is 92.1 cm³/mol. The van der Waals surface area contributed by atoms with Gasteiger partial charge in [-0.1, -0.05) is 38.1 Å². The SMILES string of the molecule is CNC(=O)Cc1noc(CS(=O)c2cc(C(C)(C)C)ccc2C)n1. The molecule has 2 rings (SSSR count). The maximum atomic E-state index is 12.7. The zero-order valence-electron chi connectivity index (χ0n) is 14.7. The highest BCUT2D eigenvalue weighted by Gasteiger charge is 2.19. The van der Waals surface area contributed by atoms with Crippen molar-refractivity contribution in [1.82, 2.24) is 15.5 Å². The molecule has 1 heterocycles. The number of benzene rings is 1. The summed E-state index contributed by atoms with van der Waals surface area (Å²) in [6.45, 7) is 8.29. The van der Waals surface area contributed by atoms with Crippen molar-refractivity contribution >= 4 is 16.7 Å². The zero-order chi connectivity index (χ0) is 17.9. The Balaban J connectivity index is 2.17. The highest BCUT2D eigenvalue weighted by atomic mass is 32.2. The van der Waals surface area contributed by atoms with Gasteiger partial charge in [0.25, 0.3) is 0 Å². The molecule has 1 aromatic heterocycles. The average Bonchev–Trinajstić information content (AvgIpc) is 2.93. The van der Waals surface area contributed by atoms with Gasteiger partial charge in [-0.25, -0.2) is 0 Å². The summed E-state index contributed by atoms with van der Waals surface area (Å²) in [5.41, 5.74) is 2.08. The van der Waals surface area contributed by atoms with E-state index in [4.69, 9.17) is 4.52 Å². The molecule has 6 nitrogen and oxygen atoms in total. The van der Waals surface area contributed by atoms with Crippen LogP contribution in [0.25, 0.3) is 0 Å². The van der Waals surface area contributed by atoms with Gasteiger partial charge in [0.2, 0.25) is 11.8 Å². The topological polar surface area (TPSA) is 85.1 Å². The molecule has 0 aliphatic heterocycles. The van der Waals surface area contributed by atoms with E-state index in [0.29, 0.717) is 5.82 Å². The maximum absolute atomic E-state index is 12.7. The number of amides is 1. The Hall–Kier alpha value is -2.02. The van der Waals surface area contributed by atoms with E-state index in [9.17, 15) is 9.00 Å². The molecule has 0 saturated carbocycles. The molecule has 0 saturated heterocycles. The van der Waals surface area contributed by atoms with Crippen LogP contribution in [-0.2, 0) is 33.2 Å². The third-order valence-corrected chi connectivity index (χ3v) is 5.10. The molecular weight excluding hydrogens is 326 g/mol. The van der Waals surface area contributed by atoms with Gasteiger partial charge in [0.1, 0.15) is 5.75 Å². The van der Waals surface area contributed by atoms with Gasteiger partial charge in [0.05, 0.1) is 17.2 Å². The molecule has 0 aliphatic carbocycles. The molecule has 130 valence electrons. The van der Waals surface area contributed by atoms with Crippen LogP contribution in [-0.4, -0.2) is 27.3 Å². The van der Waals surface area contributed by atoms with E-state index in [1.54, 1.807) is 7.05 Å². The van der Waals surface area contributed by atoms with Crippen LogP contribution in [0.5, 0.6) is 0 Å². The first kappa shape index (κ1) is 18.3. The monoisotopic (exact) mass is 349 g/mol. The van der Waals surface area contributed by atoms with Crippen molar-refractivity contribution in [1.29, 1.82) is 0 Å². The van der Waals surface area contributed by atoms with Crippen LogP contribution in [0.2, 0.25) is 0 Å². The Morgan fingerprint density at radius 2 is 2.04 bits per heavy atom. The maximum Gasteiger partial charge on any atom is 0.239 e. The largest absolute Gasteiger partial charge is 0.359 e. The number of carbonyl (C=O) groups is 1. The molecule has 0 spiro atoms. The fraction of sp³-hybridized carbons (Fsp3) is 0.471. The number of hydrogen-bond donors (Lipinski definition) is 1. The van der Waals surface area contributed by atoms with Crippen molar-refractivity contribution in [3.05, 3.63) is 41.0 Å². The summed E-state index contributed by atoms with van der Waals surface area (Å²) >= 11 is 0. The van der Waals surface area contributed by atoms with Crippen LogP contribution in [0.15, 0.2) is 27.6 Å². The number of nitrogens with one attached hydrogen (secondary N) is 1. The highest BCUT2D eigenvalue weighted by molar-refractivity contribution is 7.84. The molecular formula is C17H23N3O3S. The van der Waals surface area contributed by atoms with E-state index in [1.165, 1.54) is 0 Å². The average molecular weight is 349 g/mol. The van der Waals surface area contributed by atoms with Crippen molar-refractivity contribution in [2.45, 2.75) is 50.2 Å². The summed E-state index contributed by atoms with van der Waals surface area (Å²) in [5, 5.41) is 6.25. The number of carbonyl (C=O) groups excluding carboxylic acids is 1. The van der Waals surface area contributed by atoms with Gasteiger partial charge in [-0.2, -0.15) is 4.98 Å². The van der Waals surface area contributed by atoms with E-state index in [1.807, 2.05) is 19.1 Å². The summed E-state index contributed by atoms with van der Waals surface area (Å²) < 4.78 is 17.8. The van der Waals surface area contributed by atoms with E-state index in [2.05, 4.69) is 42.3 Å². The van der Waals surface area contributed by atoms with Crippen molar-refractivity contribution in [3.63, 3.8) is 0 Å². The third kappa shape index (κ3) is 4.50. The Morgan fingerprint density at radius 1 is 1.33 bits per heavy atom. The lowest BCUT2D eigenvalue weighted by Gasteiger charge is -2.20. The lowest BCUT2D eigenvalue weighted by molar-refractivity contribution is -0.120. The van der Waals surface area contributed by atoms with Crippen LogP contribution < -0.4 is 5.32 Å². The number of likely N-dealkylation sites (N-methyl/N-ethyl adjacent to an activating group) is 1. The summed E-state index contributed by atoms with van der Waals surface area (Å²) in [6, 6.07) is 6.02. The summed E-state index contributed by atoms with van der Waals surface area (Å²) in [6.07, 6.45) is 0.0468. The van der Waals surface area contributed by atoms with Gasteiger partial charge < -0.3 is 9.84 Å². The Morgan fingerprint density at radius 3 is 2.67 bits per heavy atom. The van der Waals surface area contributed by atoms with Gasteiger partial charge >= 0.3 is 0 Å². The van der Waals surface area contributed by atoms with E-state index >= 15 is 0 Å². The van der Waals surface area contributed by atoms with Gasteiger partial charge in [0.15, 0.2) is 5.82 Å². The zero-order valence-corrected chi connectivity index (χ0v) is 15.5. The van der Waals surface area contributed by atoms with E-state index < -0.39 is 10.8 Å². The molecule has 1 atom stereocenters. The minimum Gasteiger partial charge on any atom is -0.359 e. The molecule has 1 amide bonds. The Kier molecular flexibility index (Phi) is 5.54. The fourth-order valence-corrected chi connectivity index (χ4v) is 3.34. The predicted octanol–water partition coefficient (Wildman–Crippen LogP) is 2.27. The third-order valence-electron chi connectivity index (χ3n) is 3.66. The number of nitrogens with zero attached hydrogens (tertiary/aromatic N) is 2. The second-order valence-corrected chi connectivity index (χ2v) is 8.09. The first-order valence-electron chi connectivity index (χ1n) is 7.72. The van der Waals surface area contributed by atoms with Crippen LogP contribution in [0.4, 0.5) is 0 Å². The molecule has 0 radical (unpaired) electrons. The molecule has 7 heteroatoms. The standard InChI is InChI=1S/C17H23N3O3S/c1-11-6-7-12(17(2,3)4)8-13(11)24(22)10-16-19-14(20-23-16)9-15(21)18-5/h6-8H,9-10H2,1-5H3,(H,18,21). The molecule has 24 heavy (non-hydrogen) atoms. The normalized spacial score (nSPS) is 12.9. The molecule has 0 fully saturated rings. The smallest absolute Gasteiger partial charge is 0.239 e. The lowest BCUT2D eigenvalue weighted by atomic mass is 9.87. The Bertz CT molecular complexity index is 763. The molecule has 1 N–H and O–H groups in total. The first-order valence-corrected chi connectivity index (χ1v) is 9.04. The number of aryl methyl sites for hydroxylation is 1. The Labute approximate surface area is 144 Å². The molecule has 1 unspecified atom stereocenters. The minimum atomic E-state index is -1.29. The van der Waals surface area contributed by atoms with Gasteiger partial charge in [-0.05, 0) is 29.5 Å². The number of hydrogen-bond acceptors (Lipinski definition) is 5. The molecule has 0 aliphatic rings. The van der Waals surface area contributed by atoms with Gasteiger partial charge in [-0.15, -0.1) is 0 Å². The second-order valence-electron chi connectivity index (χ2n) is 6.67. The van der Waals surface area contributed by atoms with Crippen LogP contribution in [0.1, 0.15) is 43.6 Å². The van der Waals surface area contributed by atoms with E-state index in [-0.39, 0.29) is 29.4 Å². The van der Waals surface area contributed by atoms with E-state index in [0.717, 1.165) is 16.0 Å². The fourth-order valence-electron chi connectivity index (χ4n) is 2.15. The summed E-state index contributed by atoms with van der Waals surface area (Å²) in [7, 11) is 0.256. The lowest BCUT2D eigenvalue weighted by Crippen LogP contribution is -2.20. The summed E-state index contributed by atoms with van der Waals surface area (Å²) in [5.74, 6) is 0.501.